The molecule has 0 unspecified atom stereocenters. The zero-order chi connectivity index (χ0) is 45.5. The Labute approximate surface area is 315 Å². The topological polar surface area (TPSA) is 65.0 Å². The van der Waals surface area contributed by atoms with Crippen LogP contribution in [-0.2, 0) is 0 Å². The highest BCUT2D eigenvalue weighted by atomic mass is 16.3. The molecule has 0 saturated heterocycles. The third-order valence-electron chi connectivity index (χ3n) is 9.17. The van der Waals surface area contributed by atoms with Crippen molar-refractivity contribution in [1.82, 2.24) is 15.0 Å². The van der Waals surface area contributed by atoms with Crippen molar-refractivity contribution < 1.29 is 26.7 Å². The molecular formula is C47H27N3O2. The maximum absolute atomic E-state index is 9.86. The molecule has 52 heavy (non-hydrogen) atoms. The molecule has 3 heterocycles. The van der Waals surface area contributed by atoms with Gasteiger partial charge in [-0.25, -0.2) is 15.0 Å². The predicted molar refractivity (Wildman–Crippen MR) is 211 cm³/mol. The van der Waals surface area contributed by atoms with Crippen molar-refractivity contribution in [2.45, 2.75) is 0 Å². The van der Waals surface area contributed by atoms with Crippen molar-refractivity contribution >= 4 is 65.4 Å². The monoisotopic (exact) mass is 678 g/mol. The number of aromatic nitrogens is 3. The minimum Gasteiger partial charge on any atom is -0.456 e. The lowest BCUT2D eigenvalue weighted by atomic mass is 9.92. The second-order valence-corrected chi connectivity index (χ2v) is 12.1. The first-order chi connectivity index (χ1) is 31.2. The minimum absolute atomic E-state index is 0.0127. The fourth-order valence-corrected chi connectivity index (χ4v) is 6.90. The SMILES string of the molecule is [2H]c1c([2H])c([2H])c(-c2nc(-c3c([2H])c([2H])c4oc5c([2H])c(-c6cccc7ccccc67)c6c([2H])c([2H])c([2H])c([2H])c6c5c4c3[2H])nc(-c3cccc4oc5ccccc5c34)n2)c([2H])c1[2H]. The Morgan fingerprint density at radius 2 is 1.06 bits per heavy atom. The van der Waals surface area contributed by atoms with Gasteiger partial charge in [0.1, 0.15) is 22.3 Å². The lowest BCUT2D eigenvalue weighted by Gasteiger charge is -2.11. The van der Waals surface area contributed by atoms with Crippen LogP contribution in [0.2, 0.25) is 0 Å². The van der Waals surface area contributed by atoms with Gasteiger partial charge in [-0.2, -0.15) is 0 Å². The van der Waals surface area contributed by atoms with Crippen LogP contribution in [0.25, 0.3) is 111 Å². The molecule has 5 heteroatoms. The summed E-state index contributed by atoms with van der Waals surface area (Å²) in [6.45, 7) is 0. The zero-order valence-electron chi connectivity index (χ0n) is 39.7. The van der Waals surface area contributed by atoms with Gasteiger partial charge in [-0.1, -0.05) is 127 Å². The Kier molecular flexibility index (Phi) is 4.04. The molecule has 8 aromatic carbocycles. The summed E-state index contributed by atoms with van der Waals surface area (Å²) in [5, 5.41) is 2.47. The molecule has 0 bridgehead atoms. The van der Waals surface area contributed by atoms with Gasteiger partial charge in [0, 0.05) is 38.2 Å². The van der Waals surface area contributed by atoms with Crippen LogP contribution in [0, 0.1) is 0 Å². The smallest absolute Gasteiger partial charge is 0.164 e. The van der Waals surface area contributed by atoms with E-state index in [0.29, 0.717) is 38.5 Å². The summed E-state index contributed by atoms with van der Waals surface area (Å²) >= 11 is 0. The van der Waals surface area contributed by atoms with E-state index < -0.39 is 72.5 Å². The summed E-state index contributed by atoms with van der Waals surface area (Å²) < 4.78 is 130. The molecule has 242 valence electrons. The van der Waals surface area contributed by atoms with E-state index >= 15 is 0 Å². The standard InChI is InChI=1S/C47H27N3O2/c1-2-13-29(14-3-1)45-48-46(50-47(49-45)36-21-11-23-41-44(36)35-19-8-9-22-39(35)51-41)30-24-25-40-38(26-30)43-34-18-7-6-17-33(34)37(27-42(43)52-40)32-20-10-15-28-12-4-5-16-31(28)32/h1-27H/i1D,2D,3D,6D,7D,13D,14D,17D,18D,24D,25D,26D,27D. The number of benzene rings is 8. The van der Waals surface area contributed by atoms with E-state index in [4.69, 9.17) is 23.4 Å². The van der Waals surface area contributed by atoms with Crippen LogP contribution < -0.4 is 0 Å². The van der Waals surface area contributed by atoms with Crippen LogP contribution in [0.3, 0.4) is 0 Å². The minimum atomic E-state index is -0.653. The van der Waals surface area contributed by atoms with E-state index in [1.165, 1.54) is 0 Å². The molecule has 0 saturated carbocycles. The average molecular weight is 679 g/mol. The van der Waals surface area contributed by atoms with Gasteiger partial charge in [-0.3, -0.25) is 0 Å². The maximum atomic E-state index is 9.86. The van der Waals surface area contributed by atoms with E-state index in [1.807, 2.05) is 48.5 Å². The third-order valence-corrected chi connectivity index (χ3v) is 9.17. The zero-order valence-corrected chi connectivity index (χ0v) is 26.7. The molecule has 0 aliphatic heterocycles. The van der Waals surface area contributed by atoms with Crippen molar-refractivity contribution in [2.75, 3.05) is 0 Å². The highest BCUT2D eigenvalue weighted by molar-refractivity contribution is 6.23. The first-order valence-electron chi connectivity index (χ1n) is 22.8. The van der Waals surface area contributed by atoms with Gasteiger partial charge in [0.15, 0.2) is 17.5 Å². The first-order valence-corrected chi connectivity index (χ1v) is 16.3. The van der Waals surface area contributed by atoms with E-state index in [9.17, 15) is 8.22 Å². The Morgan fingerprint density at radius 1 is 0.385 bits per heavy atom. The van der Waals surface area contributed by atoms with Gasteiger partial charge in [-0.05, 0) is 69.0 Å². The maximum Gasteiger partial charge on any atom is 0.164 e. The molecule has 11 aromatic rings. The first kappa shape index (κ1) is 18.8. The number of para-hydroxylation sites is 1. The Balaban J connectivity index is 1.29. The molecule has 0 aliphatic rings. The van der Waals surface area contributed by atoms with Gasteiger partial charge < -0.3 is 8.83 Å². The van der Waals surface area contributed by atoms with Gasteiger partial charge in [0.05, 0.1) is 17.8 Å². The number of nitrogens with zero attached hydrogens (tertiary/aromatic N) is 3. The van der Waals surface area contributed by atoms with Gasteiger partial charge in [-0.15, -0.1) is 0 Å². The molecule has 0 amide bonds. The number of fused-ring (bicyclic) bond motifs is 9. The molecule has 11 rings (SSSR count). The molecule has 5 nitrogen and oxygen atoms in total. The Morgan fingerprint density at radius 3 is 1.96 bits per heavy atom. The fraction of sp³-hybridized carbons (Fsp3) is 0. The van der Waals surface area contributed by atoms with E-state index in [-0.39, 0.29) is 72.9 Å². The number of hydrogen-bond donors (Lipinski definition) is 0. The number of hydrogen-bond acceptors (Lipinski definition) is 5. The molecule has 0 fully saturated rings. The summed E-state index contributed by atoms with van der Waals surface area (Å²) in [5.74, 6) is -0.850. The lowest BCUT2D eigenvalue weighted by molar-refractivity contribution is 0.668. The van der Waals surface area contributed by atoms with Crippen LogP contribution in [0.4, 0.5) is 0 Å². The summed E-state index contributed by atoms with van der Waals surface area (Å²) in [7, 11) is 0. The fourth-order valence-electron chi connectivity index (χ4n) is 6.90. The van der Waals surface area contributed by atoms with Crippen LogP contribution in [0.5, 0.6) is 0 Å². The van der Waals surface area contributed by atoms with Crippen LogP contribution >= 0.6 is 0 Å². The molecule has 3 aromatic heterocycles. The van der Waals surface area contributed by atoms with Crippen LogP contribution in [-0.4, -0.2) is 15.0 Å². The van der Waals surface area contributed by atoms with Crippen molar-refractivity contribution in [1.29, 1.82) is 0 Å². The van der Waals surface area contributed by atoms with E-state index in [2.05, 4.69) is 9.97 Å². The Bertz CT molecular complexity index is 3930. The van der Waals surface area contributed by atoms with Crippen LogP contribution in [0.15, 0.2) is 172 Å². The van der Waals surface area contributed by atoms with Crippen molar-refractivity contribution in [3.8, 4) is 45.3 Å². The molecule has 0 radical (unpaired) electrons. The summed E-state index contributed by atoms with van der Waals surface area (Å²) in [6, 6.07) is 18.0. The molecule has 0 spiro atoms. The van der Waals surface area contributed by atoms with Crippen LogP contribution in [0.1, 0.15) is 17.8 Å². The number of rotatable bonds is 4. The second kappa shape index (κ2) is 11.2. The van der Waals surface area contributed by atoms with Crippen molar-refractivity contribution in [3.63, 3.8) is 0 Å². The Hall–Kier alpha value is -7.11. The van der Waals surface area contributed by atoms with Gasteiger partial charge >= 0.3 is 0 Å². The third kappa shape index (κ3) is 4.39. The lowest BCUT2D eigenvalue weighted by Crippen LogP contribution is -2.00. The van der Waals surface area contributed by atoms with Gasteiger partial charge in [0.2, 0.25) is 0 Å². The predicted octanol–water partition coefficient (Wildman–Crippen LogP) is 12.6. The highest BCUT2D eigenvalue weighted by Gasteiger charge is 2.20. The summed E-state index contributed by atoms with van der Waals surface area (Å²) in [5.41, 5.74) is 0.800. The normalized spacial score (nSPS) is 15.3. The molecule has 0 atom stereocenters. The van der Waals surface area contributed by atoms with E-state index in [1.54, 1.807) is 36.4 Å². The van der Waals surface area contributed by atoms with Gasteiger partial charge in [0.25, 0.3) is 0 Å². The van der Waals surface area contributed by atoms with E-state index in [0.717, 1.165) is 5.39 Å². The average Bonchev–Trinajstić information content (AvgIpc) is 3.91. The second-order valence-electron chi connectivity index (χ2n) is 12.1. The number of furan rings is 2. The summed E-state index contributed by atoms with van der Waals surface area (Å²) in [6.07, 6.45) is 0. The van der Waals surface area contributed by atoms with Crippen molar-refractivity contribution in [3.05, 3.63) is 163 Å². The largest absolute Gasteiger partial charge is 0.456 e. The molecule has 0 aliphatic carbocycles. The molecular weight excluding hydrogens is 639 g/mol. The molecule has 0 N–H and O–H groups in total. The highest BCUT2D eigenvalue weighted by Crippen LogP contribution is 2.43. The quantitative estimate of drug-likeness (QED) is 0.185. The van der Waals surface area contributed by atoms with Crippen molar-refractivity contribution in [2.24, 2.45) is 0 Å². The summed E-state index contributed by atoms with van der Waals surface area (Å²) in [4.78, 5) is 14.0.